The molecule has 0 fully saturated rings. The molecule has 0 bridgehead atoms. The maximum absolute atomic E-state index is 13.1. The lowest BCUT2D eigenvalue weighted by Gasteiger charge is -2.27. The van der Waals surface area contributed by atoms with Gasteiger partial charge in [-0.25, -0.2) is 0 Å². The molecule has 0 radical (unpaired) electrons. The van der Waals surface area contributed by atoms with Gasteiger partial charge in [-0.1, -0.05) is 29.8 Å². The highest BCUT2D eigenvalue weighted by Gasteiger charge is 2.38. The molecule has 2 aromatic carbocycles. The first-order chi connectivity index (χ1) is 12.9. The van der Waals surface area contributed by atoms with E-state index in [9.17, 15) is 9.90 Å². The number of carbonyl (C=O) groups excluding carboxylic acids is 1. The third-order valence-corrected chi connectivity index (χ3v) is 6.17. The first-order valence-corrected chi connectivity index (χ1v) is 9.91. The van der Waals surface area contributed by atoms with Crippen LogP contribution in [-0.2, 0) is 4.79 Å². The number of amides is 1. The van der Waals surface area contributed by atoms with Gasteiger partial charge in [0.2, 0.25) is 0 Å². The molecular formula is C20H24Cl2N2O3S. The number of likely N-dealkylation sites (N-methyl/N-ethyl adjacent to an activating group) is 1. The van der Waals surface area contributed by atoms with Gasteiger partial charge < -0.3 is 19.6 Å². The van der Waals surface area contributed by atoms with Crippen LogP contribution in [0.4, 0.5) is 5.69 Å². The number of halogens is 2. The van der Waals surface area contributed by atoms with E-state index in [1.807, 2.05) is 55.4 Å². The minimum absolute atomic E-state index is 0. The molecule has 0 saturated carbocycles. The molecule has 2 unspecified atom stereocenters. The van der Waals surface area contributed by atoms with Gasteiger partial charge in [0.05, 0.1) is 23.1 Å². The molecule has 1 aliphatic rings. The molecule has 0 spiro atoms. The number of aliphatic hydroxyl groups excluding tert-OH is 1. The van der Waals surface area contributed by atoms with Crippen molar-refractivity contribution in [2.75, 3.05) is 39.2 Å². The summed E-state index contributed by atoms with van der Waals surface area (Å²) in [6.45, 7) is 1.12. The standard InChI is InChI=1S/C20H23ClN2O3S.ClH/c1-22(2)11-12-23-17-15(21)5-4-6-16(17)27-19(18(24)20(23)25)13-7-9-14(26-3)10-8-13;/h4-10,18-19,24H,11-12H2,1-3H3;1H. The number of methoxy groups -OCH3 is 1. The van der Waals surface area contributed by atoms with Crippen LogP contribution in [0, 0.1) is 0 Å². The third kappa shape index (κ3) is 4.75. The zero-order valence-electron chi connectivity index (χ0n) is 16.0. The molecule has 1 heterocycles. The lowest BCUT2D eigenvalue weighted by Crippen LogP contribution is -2.43. The molecule has 5 nitrogen and oxygen atoms in total. The zero-order valence-corrected chi connectivity index (χ0v) is 18.4. The molecule has 8 heteroatoms. The fourth-order valence-electron chi connectivity index (χ4n) is 3.02. The van der Waals surface area contributed by atoms with Crippen LogP contribution in [0.5, 0.6) is 5.75 Å². The number of benzene rings is 2. The summed E-state index contributed by atoms with van der Waals surface area (Å²) < 4.78 is 5.21. The van der Waals surface area contributed by atoms with Crippen LogP contribution in [-0.4, -0.2) is 56.3 Å². The van der Waals surface area contributed by atoms with Crippen molar-refractivity contribution in [1.29, 1.82) is 0 Å². The Kier molecular flexibility index (Phi) is 8.04. The summed E-state index contributed by atoms with van der Waals surface area (Å²) in [5.41, 5.74) is 1.54. The molecule has 1 aliphatic heterocycles. The van der Waals surface area contributed by atoms with E-state index in [0.717, 1.165) is 16.2 Å². The van der Waals surface area contributed by atoms with Crippen LogP contribution in [0.1, 0.15) is 10.8 Å². The summed E-state index contributed by atoms with van der Waals surface area (Å²) in [7, 11) is 5.50. The topological polar surface area (TPSA) is 53.0 Å². The van der Waals surface area contributed by atoms with E-state index in [2.05, 4.69) is 0 Å². The predicted octanol–water partition coefficient (Wildman–Crippen LogP) is 3.87. The number of aliphatic hydroxyl groups is 1. The lowest BCUT2D eigenvalue weighted by atomic mass is 10.1. The number of fused-ring (bicyclic) bond motifs is 1. The van der Waals surface area contributed by atoms with Gasteiger partial charge in [0.25, 0.3) is 5.91 Å². The van der Waals surface area contributed by atoms with Crippen LogP contribution in [0.15, 0.2) is 47.4 Å². The van der Waals surface area contributed by atoms with Crippen molar-refractivity contribution < 1.29 is 14.6 Å². The van der Waals surface area contributed by atoms with Crippen LogP contribution in [0.25, 0.3) is 0 Å². The number of ether oxygens (including phenoxy) is 1. The summed E-state index contributed by atoms with van der Waals surface area (Å²) in [4.78, 5) is 17.6. The number of rotatable bonds is 5. The molecule has 0 aliphatic carbocycles. The second kappa shape index (κ2) is 9.85. The summed E-state index contributed by atoms with van der Waals surface area (Å²) in [5.74, 6) is 0.395. The molecule has 3 rings (SSSR count). The van der Waals surface area contributed by atoms with Crippen molar-refractivity contribution in [3.8, 4) is 5.75 Å². The molecule has 152 valence electrons. The van der Waals surface area contributed by atoms with Crippen molar-refractivity contribution >= 4 is 47.4 Å². The molecule has 0 saturated heterocycles. The van der Waals surface area contributed by atoms with Crippen molar-refractivity contribution in [2.24, 2.45) is 0 Å². The van der Waals surface area contributed by atoms with Crippen molar-refractivity contribution in [3.63, 3.8) is 0 Å². The SMILES string of the molecule is COc1ccc(C2Sc3cccc(Cl)c3N(CCN(C)C)C(=O)C2O)cc1.Cl. The van der Waals surface area contributed by atoms with Gasteiger partial charge in [-0.15, -0.1) is 24.2 Å². The second-order valence-electron chi connectivity index (χ2n) is 6.64. The molecule has 1 N–H and O–H groups in total. The van der Waals surface area contributed by atoms with Gasteiger partial charge in [-0.2, -0.15) is 0 Å². The van der Waals surface area contributed by atoms with Crippen LogP contribution in [0.2, 0.25) is 5.02 Å². The Labute approximate surface area is 181 Å². The highest BCUT2D eigenvalue weighted by molar-refractivity contribution is 7.99. The van der Waals surface area contributed by atoms with E-state index in [1.54, 1.807) is 18.1 Å². The normalized spacial score (nSPS) is 19.1. The summed E-state index contributed by atoms with van der Waals surface area (Å²) >= 11 is 7.91. The molecule has 1 amide bonds. The van der Waals surface area contributed by atoms with Gasteiger partial charge in [0.15, 0.2) is 0 Å². The van der Waals surface area contributed by atoms with Crippen molar-refractivity contribution in [1.82, 2.24) is 4.90 Å². The monoisotopic (exact) mass is 442 g/mol. The van der Waals surface area contributed by atoms with E-state index < -0.39 is 11.4 Å². The molecule has 2 aromatic rings. The van der Waals surface area contributed by atoms with Crippen molar-refractivity contribution in [3.05, 3.63) is 53.1 Å². The lowest BCUT2D eigenvalue weighted by molar-refractivity contribution is -0.126. The second-order valence-corrected chi connectivity index (χ2v) is 8.23. The molecule has 0 aromatic heterocycles. The van der Waals surface area contributed by atoms with Gasteiger partial charge in [-0.3, -0.25) is 4.79 Å². The third-order valence-electron chi connectivity index (χ3n) is 4.49. The minimum Gasteiger partial charge on any atom is -0.497 e. The Morgan fingerprint density at radius 1 is 1.21 bits per heavy atom. The number of thioether (sulfide) groups is 1. The van der Waals surface area contributed by atoms with E-state index in [4.69, 9.17) is 16.3 Å². The molecule has 28 heavy (non-hydrogen) atoms. The minimum atomic E-state index is -1.17. The fraction of sp³-hybridized carbons (Fsp3) is 0.350. The first kappa shape index (κ1) is 22.8. The Bertz CT molecular complexity index is 818. The highest BCUT2D eigenvalue weighted by atomic mass is 35.5. The zero-order chi connectivity index (χ0) is 19.6. The number of carbonyl (C=O) groups is 1. The van der Waals surface area contributed by atoms with Crippen molar-refractivity contribution in [2.45, 2.75) is 16.2 Å². The maximum Gasteiger partial charge on any atom is 0.257 e. The Hall–Kier alpha value is -1.44. The van der Waals surface area contributed by atoms with E-state index in [-0.39, 0.29) is 18.3 Å². The predicted molar refractivity (Wildman–Crippen MR) is 117 cm³/mol. The Morgan fingerprint density at radius 2 is 1.89 bits per heavy atom. The van der Waals surface area contributed by atoms with Gasteiger partial charge in [0, 0.05) is 18.0 Å². The highest BCUT2D eigenvalue weighted by Crippen LogP contribution is 2.48. The number of anilines is 1. The summed E-state index contributed by atoms with van der Waals surface area (Å²) in [5, 5.41) is 11.0. The average Bonchev–Trinajstić information content (AvgIpc) is 2.76. The van der Waals surface area contributed by atoms with Gasteiger partial charge in [-0.05, 0) is 43.9 Å². The smallest absolute Gasteiger partial charge is 0.257 e. The number of nitrogens with zero attached hydrogens (tertiary/aromatic N) is 2. The summed E-state index contributed by atoms with van der Waals surface area (Å²) in [6, 6.07) is 13.0. The van der Waals surface area contributed by atoms with Crippen LogP contribution >= 0.6 is 35.8 Å². The average molecular weight is 443 g/mol. The summed E-state index contributed by atoms with van der Waals surface area (Å²) in [6.07, 6.45) is -1.17. The van der Waals surface area contributed by atoms with Gasteiger partial charge >= 0.3 is 0 Å². The number of hydrogen-bond acceptors (Lipinski definition) is 5. The van der Waals surface area contributed by atoms with Crippen LogP contribution in [0.3, 0.4) is 0 Å². The van der Waals surface area contributed by atoms with E-state index >= 15 is 0 Å². The quantitative estimate of drug-likeness (QED) is 0.761. The molecule has 2 atom stereocenters. The number of para-hydroxylation sites is 1. The van der Waals surface area contributed by atoms with E-state index in [1.165, 1.54) is 11.8 Å². The van der Waals surface area contributed by atoms with Gasteiger partial charge in [0.1, 0.15) is 11.9 Å². The molecular weight excluding hydrogens is 419 g/mol. The first-order valence-electron chi connectivity index (χ1n) is 8.65. The van der Waals surface area contributed by atoms with E-state index in [0.29, 0.717) is 23.8 Å². The fourth-order valence-corrected chi connectivity index (χ4v) is 4.65. The Balaban J connectivity index is 0.00000280. The number of hydrogen-bond donors (Lipinski definition) is 1. The maximum atomic E-state index is 13.1. The largest absolute Gasteiger partial charge is 0.497 e. The van der Waals surface area contributed by atoms with Crippen LogP contribution < -0.4 is 9.64 Å². The Morgan fingerprint density at radius 3 is 2.50 bits per heavy atom.